The molecule has 2 amide bonds. The molecule has 45 heavy (non-hydrogen) atoms. The van der Waals surface area contributed by atoms with E-state index in [0.717, 1.165) is 0 Å². The molecule has 0 radical (unpaired) electrons. The molecule has 0 aromatic heterocycles. The highest BCUT2D eigenvalue weighted by atomic mass is 16.7. The van der Waals surface area contributed by atoms with Gasteiger partial charge in [0.1, 0.15) is 47.8 Å². The predicted molar refractivity (Wildman–Crippen MR) is 144 cm³/mol. The highest BCUT2D eigenvalue weighted by Gasteiger charge is 2.76. The van der Waals surface area contributed by atoms with Crippen LogP contribution >= 0.6 is 0 Å². The Hall–Kier alpha value is -3.86. The summed E-state index contributed by atoms with van der Waals surface area (Å²) in [4.78, 5) is 75.2. The first-order chi connectivity index (χ1) is 21.6. The van der Waals surface area contributed by atoms with Crippen LogP contribution in [0.15, 0.2) is 22.3 Å². The number of methoxy groups -OCH3 is 4. The van der Waals surface area contributed by atoms with Gasteiger partial charge in [-0.3, -0.25) is 9.59 Å². The van der Waals surface area contributed by atoms with Crippen LogP contribution in [0.4, 0.5) is 0 Å². The maximum atomic E-state index is 12.6. The van der Waals surface area contributed by atoms with Crippen LogP contribution in [0.2, 0.25) is 0 Å². The minimum Gasteiger partial charge on any atom is -0.466 e. The topological polar surface area (TPSA) is 207 Å². The lowest BCUT2D eigenvalue weighted by Crippen LogP contribution is -2.49. The van der Waals surface area contributed by atoms with Crippen molar-refractivity contribution in [1.82, 2.24) is 10.6 Å². The Balaban J connectivity index is 0.962. The van der Waals surface area contributed by atoms with Crippen LogP contribution in [0.3, 0.4) is 0 Å². The summed E-state index contributed by atoms with van der Waals surface area (Å²) in [6.45, 7) is 0.130. The first-order valence-electron chi connectivity index (χ1n) is 14.6. The van der Waals surface area contributed by atoms with E-state index in [2.05, 4.69) is 10.6 Å². The Morgan fingerprint density at radius 2 is 1.11 bits per heavy atom. The van der Waals surface area contributed by atoms with Crippen LogP contribution in [-0.2, 0) is 66.7 Å². The molecule has 6 aliphatic rings. The van der Waals surface area contributed by atoms with E-state index in [9.17, 15) is 28.8 Å². The molecule has 0 aromatic rings. The third-order valence-corrected chi connectivity index (χ3v) is 9.19. The molecule has 4 saturated heterocycles. The molecule has 6 heterocycles. The van der Waals surface area contributed by atoms with Crippen molar-refractivity contribution in [3.8, 4) is 0 Å². The number of nitrogens with one attached hydrogen (secondary N) is 2. The monoisotopic (exact) mass is 634 g/mol. The van der Waals surface area contributed by atoms with Gasteiger partial charge in [-0.25, -0.2) is 19.2 Å². The van der Waals surface area contributed by atoms with Crippen LogP contribution in [-0.4, -0.2) is 125 Å². The standard InChI is InChI=1S/C29H34N2O14/c1-38-24(34)14-16(26(36)40-3)28(22-20(42-22)18(14)44-28)9-6-10-30-12(32)7-5-8-13(33)31-11-29-17(27(37)41-4)15(25(35)39-2)19(45-29)21-23(29)43-21/h18-23H,5-11H2,1-4H3,(H,30,32)(H,31,33). The summed E-state index contributed by atoms with van der Waals surface area (Å²) in [5, 5.41) is 5.52. The summed E-state index contributed by atoms with van der Waals surface area (Å²) in [7, 11) is 4.81. The average Bonchev–Trinajstić information content (AvgIpc) is 3.93. The maximum absolute atomic E-state index is 12.6. The molecule has 0 aliphatic carbocycles. The van der Waals surface area contributed by atoms with E-state index in [1.54, 1.807) is 0 Å². The largest absolute Gasteiger partial charge is 0.466 e. The molecule has 0 saturated carbocycles. The van der Waals surface area contributed by atoms with Gasteiger partial charge in [0, 0.05) is 19.4 Å². The van der Waals surface area contributed by atoms with Gasteiger partial charge in [0.25, 0.3) is 0 Å². The molecule has 16 heteroatoms. The van der Waals surface area contributed by atoms with Crippen LogP contribution in [0, 0.1) is 0 Å². The Labute approximate surface area is 257 Å². The summed E-state index contributed by atoms with van der Waals surface area (Å²) < 4.78 is 42.9. The first-order valence-corrected chi connectivity index (χ1v) is 14.6. The molecule has 8 unspecified atom stereocenters. The Kier molecular flexibility index (Phi) is 7.95. The van der Waals surface area contributed by atoms with E-state index in [1.165, 1.54) is 28.4 Å². The second kappa shape index (κ2) is 11.5. The third kappa shape index (κ3) is 4.81. The number of carbonyl (C=O) groups is 6. The number of fused-ring (bicyclic) bond motifs is 10. The van der Waals surface area contributed by atoms with Crippen LogP contribution < -0.4 is 10.6 Å². The number of epoxide rings is 2. The third-order valence-electron chi connectivity index (χ3n) is 9.19. The van der Waals surface area contributed by atoms with Crippen LogP contribution in [0.5, 0.6) is 0 Å². The number of hydrogen-bond donors (Lipinski definition) is 2. The number of ether oxygens (including phenoxy) is 8. The lowest BCUT2D eigenvalue weighted by molar-refractivity contribution is -0.140. The van der Waals surface area contributed by atoms with E-state index >= 15 is 0 Å². The summed E-state index contributed by atoms with van der Waals surface area (Å²) in [5.74, 6) is -3.52. The second-order valence-corrected chi connectivity index (χ2v) is 11.5. The van der Waals surface area contributed by atoms with Gasteiger partial charge >= 0.3 is 23.9 Å². The Morgan fingerprint density at radius 1 is 0.644 bits per heavy atom. The van der Waals surface area contributed by atoms with E-state index in [0.29, 0.717) is 12.8 Å². The van der Waals surface area contributed by atoms with Gasteiger partial charge < -0.3 is 48.5 Å². The van der Waals surface area contributed by atoms with Gasteiger partial charge in [0.15, 0.2) is 0 Å². The maximum Gasteiger partial charge on any atom is 0.337 e. The van der Waals surface area contributed by atoms with Gasteiger partial charge in [-0.15, -0.1) is 0 Å². The molecule has 244 valence electrons. The van der Waals surface area contributed by atoms with Gasteiger partial charge in [-0.2, -0.15) is 0 Å². The number of amides is 2. The van der Waals surface area contributed by atoms with Crippen molar-refractivity contribution >= 4 is 35.7 Å². The highest BCUT2D eigenvalue weighted by molar-refractivity contribution is 6.05. The number of carbonyl (C=O) groups excluding carboxylic acids is 6. The van der Waals surface area contributed by atoms with Crippen molar-refractivity contribution in [2.75, 3.05) is 41.5 Å². The van der Waals surface area contributed by atoms with Crippen LogP contribution in [0.25, 0.3) is 0 Å². The number of rotatable bonds is 14. The summed E-state index contributed by atoms with van der Waals surface area (Å²) in [5.41, 5.74) is -2.28. The van der Waals surface area contributed by atoms with Crippen molar-refractivity contribution in [3.63, 3.8) is 0 Å². The van der Waals surface area contributed by atoms with Crippen molar-refractivity contribution in [3.05, 3.63) is 22.3 Å². The van der Waals surface area contributed by atoms with E-state index in [1.807, 2.05) is 0 Å². The molecule has 2 N–H and O–H groups in total. The summed E-state index contributed by atoms with van der Waals surface area (Å²) in [6, 6.07) is 0. The summed E-state index contributed by atoms with van der Waals surface area (Å²) in [6.07, 6.45) is -2.09. The average molecular weight is 635 g/mol. The van der Waals surface area contributed by atoms with Crippen molar-refractivity contribution in [1.29, 1.82) is 0 Å². The quantitative estimate of drug-likeness (QED) is 0.0945. The molecule has 4 bridgehead atoms. The zero-order valence-electron chi connectivity index (χ0n) is 25.1. The number of hydrogen-bond acceptors (Lipinski definition) is 14. The fraction of sp³-hybridized carbons (Fsp3) is 0.655. The van der Waals surface area contributed by atoms with E-state index in [-0.39, 0.29) is 78.7 Å². The fourth-order valence-electron chi connectivity index (χ4n) is 7.15. The van der Waals surface area contributed by atoms with Gasteiger partial charge in [0.05, 0.1) is 57.3 Å². The molecule has 6 aliphatic heterocycles. The second-order valence-electron chi connectivity index (χ2n) is 11.5. The van der Waals surface area contributed by atoms with Crippen molar-refractivity contribution in [2.45, 2.75) is 79.9 Å². The molecular weight excluding hydrogens is 600 g/mol. The lowest BCUT2D eigenvalue weighted by Gasteiger charge is -2.28. The van der Waals surface area contributed by atoms with Gasteiger partial charge in [-0.05, 0) is 19.3 Å². The Bertz CT molecular complexity index is 1420. The van der Waals surface area contributed by atoms with Crippen molar-refractivity contribution < 1.29 is 66.7 Å². The van der Waals surface area contributed by atoms with E-state index < -0.39 is 59.5 Å². The summed E-state index contributed by atoms with van der Waals surface area (Å²) >= 11 is 0. The molecule has 0 aromatic carbocycles. The zero-order chi connectivity index (χ0) is 32.3. The minimum absolute atomic E-state index is 0.0181. The molecule has 4 fully saturated rings. The molecule has 6 rings (SSSR count). The molecular formula is C29H34N2O14. The normalized spacial score (nSPS) is 34.1. The lowest BCUT2D eigenvalue weighted by atomic mass is 9.79. The zero-order valence-corrected chi connectivity index (χ0v) is 25.1. The van der Waals surface area contributed by atoms with Gasteiger partial charge in [0.2, 0.25) is 11.8 Å². The molecule has 8 atom stereocenters. The fourth-order valence-corrected chi connectivity index (χ4v) is 7.15. The highest BCUT2D eigenvalue weighted by Crippen LogP contribution is 2.60. The first kappa shape index (κ1) is 31.1. The van der Waals surface area contributed by atoms with E-state index in [4.69, 9.17) is 37.9 Å². The van der Waals surface area contributed by atoms with Crippen LogP contribution in [0.1, 0.15) is 32.1 Å². The van der Waals surface area contributed by atoms with Gasteiger partial charge in [-0.1, -0.05) is 0 Å². The number of esters is 4. The smallest absolute Gasteiger partial charge is 0.337 e. The minimum atomic E-state index is -1.37. The molecule has 0 spiro atoms. The SMILES string of the molecule is COC(=O)C1=C(C(=O)OC)C2(CCCNC(=O)CCCC(=O)NCC34OC(C(C(=O)OC)=C3C(=O)OC)C3OC34)OC1C1OC12. The van der Waals surface area contributed by atoms with Crippen molar-refractivity contribution in [2.24, 2.45) is 0 Å². The molecule has 16 nitrogen and oxygen atoms in total. The predicted octanol–water partition coefficient (Wildman–Crippen LogP) is -1.71. The Morgan fingerprint density at radius 3 is 1.64 bits per heavy atom.